The van der Waals surface area contributed by atoms with Crippen molar-refractivity contribution in [3.63, 3.8) is 0 Å². The molecule has 1 aromatic heterocycles. The monoisotopic (exact) mass is 290 g/mol. The Morgan fingerprint density at radius 3 is 2.72 bits per heavy atom. The van der Waals surface area contributed by atoms with Gasteiger partial charge in [0.1, 0.15) is 0 Å². The number of anilines is 1. The number of aromatic nitrogens is 1. The van der Waals surface area contributed by atoms with Gasteiger partial charge in [0.15, 0.2) is 5.15 Å². The fraction of sp³-hybridized carbons (Fsp3) is 0.545. The van der Waals surface area contributed by atoms with E-state index < -0.39 is 15.3 Å². The summed E-state index contributed by atoms with van der Waals surface area (Å²) < 4.78 is 32.1. The lowest BCUT2D eigenvalue weighted by Crippen LogP contribution is -2.33. The third kappa shape index (κ3) is 2.93. The molecule has 1 aliphatic rings. The molecule has 2 rings (SSSR count). The fourth-order valence-electron chi connectivity index (χ4n) is 1.86. The third-order valence-corrected chi connectivity index (χ3v) is 5.09. The van der Waals surface area contributed by atoms with Gasteiger partial charge < -0.3 is 4.74 Å². The minimum Gasteiger partial charge on any atom is -0.381 e. The lowest BCUT2D eigenvalue weighted by atomic mass is 10.2. The van der Waals surface area contributed by atoms with Crippen LogP contribution in [0.1, 0.15) is 18.4 Å². The SMILES string of the molecule is Cc1ccnc(Cl)c1NS(=O)(=O)C1CCOCC1. The van der Waals surface area contributed by atoms with Crippen molar-refractivity contribution in [3.05, 3.63) is 23.0 Å². The van der Waals surface area contributed by atoms with Gasteiger partial charge in [0.25, 0.3) is 0 Å². The maximum Gasteiger partial charge on any atom is 0.235 e. The Bertz CT molecular complexity index is 507. The zero-order chi connectivity index (χ0) is 13.2. The second kappa shape index (κ2) is 5.42. The molecule has 0 spiro atoms. The molecule has 5 nitrogen and oxygen atoms in total. The number of hydrogen-bond donors (Lipinski definition) is 1. The van der Waals surface area contributed by atoms with Crippen LogP contribution in [0.4, 0.5) is 5.69 Å². The minimum atomic E-state index is -3.44. The van der Waals surface area contributed by atoms with E-state index in [1.54, 1.807) is 19.2 Å². The number of halogens is 1. The molecule has 0 atom stereocenters. The van der Waals surface area contributed by atoms with Gasteiger partial charge in [-0.05, 0) is 31.4 Å². The Morgan fingerprint density at radius 1 is 1.44 bits per heavy atom. The molecule has 0 aliphatic carbocycles. The second-order valence-electron chi connectivity index (χ2n) is 4.25. The summed E-state index contributed by atoms with van der Waals surface area (Å²) >= 11 is 5.91. The summed E-state index contributed by atoms with van der Waals surface area (Å²) in [5.74, 6) is 0. The van der Waals surface area contributed by atoms with Crippen molar-refractivity contribution >= 4 is 27.3 Å². The summed E-state index contributed by atoms with van der Waals surface area (Å²) in [4.78, 5) is 3.88. The summed E-state index contributed by atoms with van der Waals surface area (Å²) in [5, 5.41) is -0.257. The third-order valence-electron chi connectivity index (χ3n) is 2.96. The van der Waals surface area contributed by atoms with Crippen LogP contribution in [0.25, 0.3) is 0 Å². The first-order valence-electron chi connectivity index (χ1n) is 5.71. The molecule has 1 aromatic rings. The van der Waals surface area contributed by atoms with Crippen molar-refractivity contribution < 1.29 is 13.2 Å². The van der Waals surface area contributed by atoms with Crippen LogP contribution >= 0.6 is 11.6 Å². The van der Waals surface area contributed by atoms with E-state index in [2.05, 4.69) is 9.71 Å². The van der Waals surface area contributed by atoms with Crippen molar-refractivity contribution in [2.24, 2.45) is 0 Å². The highest BCUT2D eigenvalue weighted by molar-refractivity contribution is 7.93. The number of ether oxygens (including phenoxy) is 1. The molecule has 0 saturated carbocycles. The molecule has 100 valence electrons. The predicted molar refractivity (Wildman–Crippen MR) is 70.4 cm³/mol. The molecule has 0 radical (unpaired) electrons. The Morgan fingerprint density at radius 2 is 2.11 bits per heavy atom. The van der Waals surface area contributed by atoms with E-state index in [-0.39, 0.29) is 5.15 Å². The van der Waals surface area contributed by atoms with Crippen LogP contribution < -0.4 is 4.72 Å². The first-order valence-corrected chi connectivity index (χ1v) is 7.63. The standard InChI is InChI=1S/C11H15ClN2O3S/c1-8-2-5-13-11(12)10(8)14-18(15,16)9-3-6-17-7-4-9/h2,5,9,14H,3-4,6-7H2,1H3. The van der Waals surface area contributed by atoms with E-state index >= 15 is 0 Å². The van der Waals surface area contributed by atoms with Crippen molar-refractivity contribution in [2.45, 2.75) is 25.0 Å². The van der Waals surface area contributed by atoms with Gasteiger partial charge in [-0.15, -0.1) is 0 Å². The summed E-state index contributed by atoms with van der Waals surface area (Å²) in [6.45, 7) is 2.74. The van der Waals surface area contributed by atoms with Gasteiger partial charge in [-0.1, -0.05) is 11.6 Å². The first-order chi connectivity index (χ1) is 8.50. The zero-order valence-corrected chi connectivity index (χ0v) is 11.6. The Hall–Kier alpha value is -0.850. The summed E-state index contributed by atoms with van der Waals surface area (Å²) in [6, 6.07) is 1.72. The maximum atomic E-state index is 12.2. The molecule has 0 unspecified atom stereocenters. The number of nitrogens with zero attached hydrogens (tertiary/aromatic N) is 1. The van der Waals surface area contributed by atoms with Crippen molar-refractivity contribution in [1.82, 2.24) is 4.98 Å². The smallest absolute Gasteiger partial charge is 0.235 e. The molecule has 1 fully saturated rings. The topological polar surface area (TPSA) is 68.3 Å². The summed E-state index contributed by atoms with van der Waals surface area (Å²) in [6.07, 6.45) is 2.56. The Balaban J connectivity index is 2.22. The normalized spacial score (nSPS) is 17.7. The second-order valence-corrected chi connectivity index (χ2v) is 6.57. The van der Waals surface area contributed by atoms with E-state index in [9.17, 15) is 8.42 Å². The number of hydrogen-bond acceptors (Lipinski definition) is 4. The number of rotatable bonds is 3. The average Bonchev–Trinajstić information content (AvgIpc) is 2.35. The number of nitrogens with one attached hydrogen (secondary N) is 1. The molecule has 2 heterocycles. The Labute approximate surface area is 112 Å². The van der Waals surface area contributed by atoms with Gasteiger partial charge in [0.2, 0.25) is 10.0 Å². The van der Waals surface area contributed by atoms with E-state index in [1.807, 2.05) is 0 Å². The molecule has 0 aromatic carbocycles. The minimum absolute atomic E-state index is 0.172. The van der Waals surface area contributed by atoms with Gasteiger partial charge in [0, 0.05) is 19.4 Å². The molecule has 18 heavy (non-hydrogen) atoms. The number of sulfonamides is 1. The largest absolute Gasteiger partial charge is 0.381 e. The highest BCUT2D eigenvalue weighted by Crippen LogP contribution is 2.26. The van der Waals surface area contributed by atoms with E-state index in [0.29, 0.717) is 31.7 Å². The number of aryl methyl sites for hydroxylation is 1. The van der Waals surface area contributed by atoms with Crippen LogP contribution in [0.5, 0.6) is 0 Å². The van der Waals surface area contributed by atoms with Crippen molar-refractivity contribution in [1.29, 1.82) is 0 Å². The van der Waals surface area contributed by atoms with Gasteiger partial charge in [-0.25, -0.2) is 13.4 Å². The molecule has 1 N–H and O–H groups in total. The van der Waals surface area contributed by atoms with Crippen LogP contribution in [0.2, 0.25) is 5.15 Å². The Kier molecular flexibility index (Phi) is 4.09. The van der Waals surface area contributed by atoms with Crippen LogP contribution in [0, 0.1) is 6.92 Å². The molecular weight excluding hydrogens is 276 g/mol. The van der Waals surface area contributed by atoms with Crippen LogP contribution in [0.15, 0.2) is 12.3 Å². The predicted octanol–water partition coefficient (Wildman–Crippen LogP) is 1.96. The zero-order valence-electron chi connectivity index (χ0n) is 10.0. The lowest BCUT2D eigenvalue weighted by Gasteiger charge is -2.23. The van der Waals surface area contributed by atoms with Gasteiger partial charge in [-0.2, -0.15) is 0 Å². The van der Waals surface area contributed by atoms with Crippen molar-refractivity contribution in [3.8, 4) is 0 Å². The van der Waals surface area contributed by atoms with Gasteiger partial charge >= 0.3 is 0 Å². The van der Waals surface area contributed by atoms with E-state index in [4.69, 9.17) is 16.3 Å². The highest BCUT2D eigenvalue weighted by Gasteiger charge is 2.28. The van der Waals surface area contributed by atoms with Crippen LogP contribution in [-0.4, -0.2) is 31.9 Å². The maximum absolute atomic E-state index is 12.2. The molecule has 0 amide bonds. The molecule has 1 saturated heterocycles. The molecule has 7 heteroatoms. The van der Waals surface area contributed by atoms with E-state index in [0.717, 1.165) is 5.56 Å². The molecular formula is C11H15ClN2O3S. The fourth-order valence-corrected chi connectivity index (χ4v) is 3.69. The summed E-state index contributed by atoms with van der Waals surface area (Å²) in [5.41, 5.74) is 1.12. The summed E-state index contributed by atoms with van der Waals surface area (Å²) in [7, 11) is -3.44. The quantitative estimate of drug-likeness (QED) is 0.864. The van der Waals surface area contributed by atoms with Crippen LogP contribution in [-0.2, 0) is 14.8 Å². The lowest BCUT2D eigenvalue weighted by molar-refractivity contribution is 0.0984. The first kappa shape index (κ1) is 13.6. The van der Waals surface area contributed by atoms with Gasteiger partial charge in [-0.3, -0.25) is 4.72 Å². The molecule has 1 aliphatic heterocycles. The highest BCUT2D eigenvalue weighted by atomic mass is 35.5. The van der Waals surface area contributed by atoms with Gasteiger partial charge in [0.05, 0.1) is 10.9 Å². The van der Waals surface area contributed by atoms with E-state index in [1.165, 1.54) is 0 Å². The average molecular weight is 291 g/mol. The van der Waals surface area contributed by atoms with Crippen LogP contribution in [0.3, 0.4) is 0 Å². The molecule has 0 bridgehead atoms. The van der Waals surface area contributed by atoms with Crippen molar-refractivity contribution in [2.75, 3.05) is 17.9 Å². The number of pyridine rings is 1.